The van der Waals surface area contributed by atoms with Gasteiger partial charge in [0.05, 0.1) is 17.1 Å². The maximum Gasteiger partial charge on any atom is 0.261 e. The van der Waals surface area contributed by atoms with Crippen LogP contribution in [0.1, 0.15) is 5.56 Å². The Morgan fingerprint density at radius 2 is 2.00 bits per heavy atom. The predicted molar refractivity (Wildman–Crippen MR) is 96.8 cm³/mol. The Labute approximate surface area is 142 Å². The van der Waals surface area contributed by atoms with Gasteiger partial charge in [-0.15, -0.1) is 0 Å². The van der Waals surface area contributed by atoms with Crippen LogP contribution in [0.15, 0.2) is 66.0 Å². The molecule has 1 aromatic carbocycles. The Kier molecular flexibility index (Phi) is 2.97. The SMILES string of the molecule is O=c1c2cnc3ccnn3c2ccn1CCc1c[nH]c2ccccc12. The Morgan fingerprint density at radius 1 is 1.08 bits per heavy atom. The van der Waals surface area contributed by atoms with Gasteiger partial charge in [0.1, 0.15) is 0 Å². The van der Waals surface area contributed by atoms with Crippen molar-refractivity contribution in [3.05, 3.63) is 77.1 Å². The zero-order valence-corrected chi connectivity index (χ0v) is 13.4. The minimum absolute atomic E-state index is 0.0396. The highest BCUT2D eigenvalue weighted by atomic mass is 16.1. The standard InChI is InChI=1S/C19H15N5O/c25-19-15-12-21-18-5-8-22-24(18)17(15)7-10-23(19)9-6-13-11-20-16-4-2-1-3-14(13)16/h1-5,7-8,10-12,20H,6,9H2. The molecule has 0 atom stereocenters. The van der Waals surface area contributed by atoms with Crippen LogP contribution in [0.4, 0.5) is 0 Å². The number of pyridine rings is 1. The third-order valence-corrected chi connectivity index (χ3v) is 4.65. The molecule has 0 saturated carbocycles. The molecule has 0 saturated heterocycles. The summed E-state index contributed by atoms with van der Waals surface area (Å²) in [5.41, 5.74) is 3.81. The first-order chi connectivity index (χ1) is 12.3. The maximum absolute atomic E-state index is 12.8. The second kappa shape index (κ2) is 5.31. The Morgan fingerprint density at radius 3 is 2.96 bits per heavy atom. The molecule has 0 spiro atoms. The summed E-state index contributed by atoms with van der Waals surface area (Å²) >= 11 is 0. The summed E-state index contributed by atoms with van der Waals surface area (Å²) in [6.45, 7) is 0.619. The van der Waals surface area contributed by atoms with E-state index in [4.69, 9.17) is 0 Å². The van der Waals surface area contributed by atoms with Crippen molar-refractivity contribution >= 4 is 27.5 Å². The van der Waals surface area contributed by atoms with E-state index < -0.39 is 0 Å². The third-order valence-electron chi connectivity index (χ3n) is 4.65. The van der Waals surface area contributed by atoms with Gasteiger partial charge in [0.15, 0.2) is 5.65 Å². The van der Waals surface area contributed by atoms with Crippen LogP contribution in [0.5, 0.6) is 0 Å². The van der Waals surface area contributed by atoms with E-state index >= 15 is 0 Å². The summed E-state index contributed by atoms with van der Waals surface area (Å²) in [4.78, 5) is 20.4. The molecule has 5 aromatic rings. The summed E-state index contributed by atoms with van der Waals surface area (Å²) < 4.78 is 3.43. The molecule has 4 aromatic heterocycles. The van der Waals surface area contributed by atoms with Gasteiger partial charge in [0.2, 0.25) is 0 Å². The zero-order chi connectivity index (χ0) is 16.8. The van der Waals surface area contributed by atoms with Crippen LogP contribution in [0, 0.1) is 0 Å². The van der Waals surface area contributed by atoms with Crippen molar-refractivity contribution in [2.45, 2.75) is 13.0 Å². The molecule has 1 N–H and O–H groups in total. The number of aromatic amines is 1. The minimum Gasteiger partial charge on any atom is -0.361 e. The molecular weight excluding hydrogens is 314 g/mol. The smallest absolute Gasteiger partial charge is 0.261 e. The van der Waals surface area contributed by atoms with Crippen molar-refractivity contribution in [3.8, 4) is 0 Å². The van der Waals surface area contributed by atoms with E-state index in [1.165, 1.54) is 10.9 Å². The number of rotatable bonds is 3. The van der Waals surface area contributed by atoms with E-state index in [9.17, 15) is 4.79 Å². The van der Waals surface area contributed by atoms with Crippen molar-refractivity contribution < 1.29 is 0 Å². The molecule has 0 aliphatic carbocycles. The van der Waals surface area contributed by atoms with Crippen molar-refractivity contribution in [3.63, 3.8) is 0 Å². The largest absolute Gasteiger partial charge is 0.361 e. The minimum atomic E-state index is -0.0396. The number of H-pyrrole nitrogens is 1. The van der Waals surface area contributed by atoms with Gasteiger partial charge in [-0.25, -0.2) is 9.50 Å². The number of benzene rings is 1. The quantitative estimate of drug-likeness (QED) is 0.553. The average molecular weight is 329 g/mol. The van der Waals surface area contributed by atoms with E-state index in [1.807, 2.05) is 36.7 Å². The molecule has 0 unspecified atom stereocenters. The normalized spacial score (nSPS) is 11.7. The average Bonchev–Trinajstić information content (AvgIpc) is 3.28. The molecule has 6 nitrogen and oxygen atoms in total. The van der Waals surface area contributed by atoms with Gasteiger partial charge in [0, 0.05) is 42.1 Å². The highest BCUT2D eigenvalue weighted by molar-refractivity contribution is 5.83. The number of aryl methyl sites for hydroxylation is 2. The van der Waals surface area contributed by atoms with E-state index in [0.29, 0.717) is 11.9 Å². The van der Waals surface area contributed by atoms with Gasteiger partial charge in [-0.3, -0.25) is 4.79 Å². The van der Waals surface area contributed by atoms with Crippen molar-refractivity contribution in [2.75, 3.05) is 0 Å². The number of nitrogens with one attached hydrogen (secondary N) is 1. The lowest BCUT2D eigenvalue weighted by molar-refractivity contribution is 0.676. The zero-order valence-electron chi connectivity index (χ0n) is 13.4. The molecule has 0 amide bonds. The topological polar surface area (TPSA) is 68.0 Å². The highest BCUT2D eigenvalue weighted by Crippen LogP contribution is 2.18. The molecule has 0 fully saturated rings. The summed E-state index contributed by atoms with van der Waals surface area (Å²) in [7, 11) is 0. The molecular formula is C19H15N5O. The van der Waals surface area contributed by atoms with Crippen molar-refractivity contribution in [1.82, 2.24) is 24.1 Å². The molecule has 4 heterocycles. The lowest BCUT2D eigenvalue weighted by Gasteiger charge is -2.07. The summed E-state index contributed by atoms with van der Waals surface area (Å²) in [6, 6.07) is 11.9. The Hall–Kier alpha value is -3.41. The number of fused-ring (bicyclic) bond motifs is 4. The van der Waals surface area contributed by atoms with Gasteiger partial charge >= 0.3 is 0 Å². The summed E-state index contributed by atoms with van der Waals surface area (Å²) in [6.07, 6.45) is 7.96. The van der Waals surface area contributed by atoms with Crippen LogP contribution < -0.4 is 5.56 Å². The second-order valence-corrected chi connectivity index (χ2v) is 6.08. The monoisotopic (exact) mass is 329 g/mol. The highest BCUT2D eigenvalue weighted by Gasteiger charge is 2.09. The third kappa shape index (κ3) is 2.15. The molecule has 5 rings (SSSR count). The first kappa shape index (κ1) is 14.0. The van der Waals surface area contributed by atoms with Gasteiger partial charge in [0.25, 0.3) is 5.56 Å². The van der Waals surface area contributed by atoms with Gasteiger partial charge in [-0.1, -0.05) is 18.2 Å². The lowest BCUT2D eigenvalue weighted by atomic mass is 10.1. The fourth-order valence-electron chi connectivity index (χ4n) is 3.35. The summed E-state index contributed by atoms with van der Waals surface area (Å²) in [5.74, 6) is 0. The first-order valence-electron chi connectivity index (χ1n) is 8.18. The predicted octanol–water partition coefficient (Wildman–Crippen LogP) is 2.77. The Bertz CT molecular complexity index is 1280. The van der Waals surface area contributed by atoms with Crippen LogP contribution in [-0.2, 0) is 13.0 Å². The molecule has 0 radical (unpaired) electrons. The van der Waals surface area contributed by atoms with Gasteiger partial charge in [-0.2, -0.15) is 5.10 Å². The van der Waals surface area contributed by atoms with Crippen LogP contribution in [0.3, 0.4) is 0 Å². The maximum atomic E-state index is 12.8. The van der Waals surface area contributed by atoms with E-state index in [-0.39, 0.29) is 5.56 Å². The van der Waals surface area contributed by atoms with Crippen molar-refractivity contribution in [1.29, 1.82) is 0 Å². The first-order valence-corrected chi connectivity index (χ1v) is 8.18. The molecule has 25 heavy (non-hydrogen) atoms. The molecule has 0 aliphatic rings. The fourth-order valence-corrected chi connectivity index (χ4v) is 3.35. The fraction of sp³-hybridized carbons (Fsp3) is 0.105. The molecule has 122 valence electrons. The van der Waals surface area contributed by atoms with E-state index in [2.05, 4.69) is 27.2 Å². The number of nitrogens with zero attached hydrogens (tertiary/aromatic N) is 4. The summed E-state index contributed by atoms with van der Waals surface area (Å²) in [5, 5.41) is 6.03. The number of hydrogen-bond donors (Lipinski definition) is 1. The van der Waals surface area contributed by atoms with Gasteiger partial charge < -0.3 is 9.55 Å². The van der Waals surface area contributed by atoms with Crippen LogP contribution in [-0.4, -0.2) is 24.1 Å². The molecule has 0 aliphatic heterocycles. The Balaban J connectivity index is 1.53. The van der Waals surface area contributed by atoms with Crippen molar-refractivity contribution in [2.24, 2.45) is 0 Å². The van der Waals surface area contributed by atoms with E-state index in [1.54, 1.807) is 21.5 Å². The van der Waals surface area contributed by atoms with Crippen LogP contribution in [0.2, 0.25) is 0 Å². The lowest BCUT2D eigenvalue weighted by Crippen LogP contribution is -2.21. The van der Waals surface area contributed by atoms with Crippen LogP contribution >= 0.6 is 0 Å². The van der Waals surface area contributed by atoms with E-state index in [0.717, 1.165) is 23.1 Å². The number of para-hydroxylation sites is 1. The molecule has 6 heteroatoms. The number of aromatic nitrogens is 5. The van der Waals surface area contributed by atoms with Crippen LogP contribution in [0.25, 0.3) is 27.5 Å². The number of hydrogen-bond acceptors (Lipinski definition) is 3. The second-order valence-electron chi connectivity index (χ2n) is 6.08. The van der Waals surface area contributed by atoms with Gasteiger partial charge in [-0.05, 0) is 24.1 Å². The molecule has 0 bridgehead atoms.